The second-order valence-corrected chi connectivity index (χ2v) is 4.55. The van der Waals surface area contributed by atoms with Crippen LogP contribution in [0.25, 0.3) is 22.3 Å². The van der Waals surface area contributed by atoms with E-state index in [-0.39, 0.29) is 0 Å². The van der Waals surface area contributed by atoms with Crippen molar-refractivity contribution < 1.29 is 4.42 Å². The lowest BCUT2D eigenvalue weighted by Gasteiger charge is -1.98. The molecule has 0 radical (unpaired) electrons. The molecule has 1 aromatic heterocycles. The van der Waals surface area contributed by atoms with Crippen LogP contribution in [0.15, 0.2) is 52.9 Å². The molecule has 0 atom stereocenters. The highest BCUT2D eigenvalue weighted by Crippen LogP contribution is 2.28. The predicted octanol–water partition coefficient (Wildman–Crippen LogP) is 3.87. The summed E-state index contributed by atoms with van der Waals surface area (Å²) in [5, 5.41) is 1.15. The second kappa shape index (κ2) is 4.31. The Labute approximate surface area is 106 Å². The van der Waals surface area contributed by atoms with Gasteiger partial charge in [0.1, 0.15) is 11.3 Å². The Morgan fingerprint density at radius 2 is 1.78 bits per heavy atom. The van der Waals surface area contributed by atoms with E-state index in [1.54, 1.807) is 0 Å². The highest BCUT2D eigenvalue weighted by atomic mass is 16.3. The summed E-state index contributed by atoms with van der Waals surface area (Å²) in [5.41, 5.74) is 9.98. The fraction of sp³-hybridized carbons (Fsp3) is 0.125. The average molecular weight is 237 g/mol. The van der Waals surface area contributed by atoms with E-state index in [4.69, 9.17) is 10.2 Å². The molecule has 2 heteroatoms. The van der Waals surface area contributed by atoms with Crippen molar-refractivity contribution in [2.45, 2.75) is 13.5 Å². The largest absolute Gasteiger partial charge is 0.456 e. The Balaban J connectivity index is 2.07. The monoisotopic (exact) mass is 237 g/mol. The number of furan rings is 1. The first-order chi connectivity index (χ1) is 8.76. The lowest BCUT2D eigenvalue weighted by molar-refractivity contribution is 0.631. The Hall–Kier alpha value is -2.06. The van der Waals surface area contributed by atoms with Gasteiger partial charge < -0.3 is 10.2 Å². The first-order valence-electron chi connectivity index (χ1n) is 6.06. The zero-order chi connectivity index (χ0) is 12.5. The maximum absolute atomic E-state index is 5.85. The number of rotatable bonds is 2. The standard InChI is InChI=1S/C16H15NO/c1-11-2-7-15-14(8-11)9-16(18-15)13-5-3-12(10-17)4-6-13/h2-9H,10,17H2,1H3. The second-order valence-electron chi connectivity index (χ2n) is 4.55. The molecule has 0 saturated carbocycles. The molecule has 0 spiro atoms. The molecule has 0 aliphatic rings. The Morgan fingerprint density at radius 1 is 1.00 bits per heavy atom. The third-order valence-electron chi connectivity index (χ3n) is 3.15. The average Bonchev–Trinajstić information content (AvgIpc) is 2.81. The molecule has 0 aliphatic heterocycles. The van der Waals surface area contributed by atoms with Crippen molar-refractivity contribution in [2.75, 3.05) is 0 Å². The smallest absolute Gasteiger partial charge is 0.135 e. The summed E-state index contributed by atoms with van der Waals surface area (Å²) in [5.74, 6) is 0.902. The van der Waals surface area contributed by atoms with Crippen LogP contribution in [0.2, 0.25) is 0 Å². The van der Waals surface area contributed by atoms with Gasteiger partial charge in [-0.15, -0.1) is 0 Å². The Kier molecular flexibility index (Phi) is 2.65. The molecule has 0 unspecified atom stereocenters. The summed E-state index contributed by atoms with van der Waals surface area (Å²) in [4.78, 5) is 0. The highest BCUT2D eigenvalue weighted by molar-refractivity contribution is 5.83. The lowest BCUT2D eigenvalue weighted by Crippen LogP contribution is -1.94. The van der Waals surface area contributed by atoms with Crippen LogP contribution in [0.1, 0.15) is 11.1 Å². The van der Waals surface area contributed by atoms with E-state index in [0.717, 1.165) is 27.9 Å². The van der Waals surface area contributed by atoms with Gasteiger partial charge in [-0.3, -0.25) is 0 Å². The third kappa shape index (κ3) is 1.91. The van der Waals surface area contributed by atoms with Gasteiger partial charge >= 0.3 is 0 Å². The van der Waals surface area contributed by atoms with E-state index in [0.29, 0.717) is 6.54 Å². The zero-order valence-corrected chi connectivity index (χ0v) is 10.3. The first kappa shape index (κ1) is 11.1. The zero-order valence-electron chi connectivity index (χ0n) is 10.3. The normalized spacial score (nSPS) is 11.0. The van der Waals surface area contributed by atoms with Crippen LogP contribution >= 0.6 is 0 Å². The fourth-order valence-electron chi connectivity index (χ4n) is 2.11. The van der Waals surface area contributed by atoms with Crippen molar-refractivity contribution in [2.24, 2.45) is 5.73 Å². The fourth-order valence-corrected chi connectivity index (χ4v) is 2.11. The van der Waals surface area contributed by atoms with Crippen LogP contribution in [0.4, 0.5) is 0 Å². The van der Waals surface area contributed by atoms with E-state index >= 15 is 0 Å². The van der Waals surface area contributed by atoms with E-state index in [9.17, 15) is 0 Å². The molecule has 3 aromatic rings. The van der Waals surface area contributed by atoms with E-state index < -0.39 is 0 Å². The van der Waals surface area contributed by atoms with Gasteiger partial charge in [-0.1, -0.05) is 35.9 Å². The third-order valence-corrected chi connectivity index (χ3v) is 3.15. The van der Waals surface area contributed by atoms with Crippen molar-refractivity contribution >= 4 is 11.0 Å². The molecule has 2 N–H and O–H groups in total. The van der Waals surface area contributed by atoms with Gasteiger partial charge in [-0.05, 0) is 30.7 Å². The van der Waals surface area contributed by atoms with Crippen molar-refractivity contribution in [1.29, 1.82) is 0 Å². The lowest BCUT2D eigenvalue weighted by atomic mass is 10.1. The number of hydrogen-bond acceptors (Lipinski definition) is 2. The molecule has 3 rings (SSSR count). The van der Waals surface area contributed by atoms with Crippen LogP contribution in [0.5, 0.6) is 0 Å². The van der Waals surface area contributed by atoms with Crippen molar-refractivity contribution in [3.63, 3.8) is 0 Å². The summed E-state index contributed by atoms with van der Waals surface area (Å²) in [6.07, 6.45) is 0. The minimum atomic E-state index is 0.569. The first-order valence-corrected chi connectivity index (χ1v) is 6.06. The molecule has 2 nitrogen and oxygen atoms in total. The molecule has 0 saturated heterocycles. The summed E-state index contributed by atoms with van der Waals surface area (Å²) in [6, 6.07) is 16.5. The summed E-state index contributed by atoms with van der Waals surface area (Å²) in [6.45, 7) is 2.65. The summed E-state index contributed by atoms with van der Waals surface area (Å²) < 4.78 is 5.85. The maximum Gasteiger partial charge on any atom is 0.135 e. The Bertz CT molecular complexity index is 680. The topological polar surface area (TPSA) is 39.2 Å². The van der Waals surface area contributed by atoms with Crippen LogP contribution in [-0.2, 0) is 6.54 Å². The van der Waals surface area contributed by atoms with E-state index in [2.05, 4.69) is 25.1 Å². The van der Waals surface area contributed by atoms with Crippen molar-refractivity contribution in [3.8, 4) is 11.3 Å². The van der Waals surface area contributed by atoms with Crippen LogP contribution in [0.3, 0.4) is 0 Å². The SMILES string of the molecule is Cc1ccc2oc(-c3ccc(CN)cc3)cc2c1. The van der Waals surface area contributed by atoms with Crippen molar-refractivity contribution in [1.82, 2.24) is 0 Å². The van der Waals surface area contributed by atoms with Gasteiger partial charge in [0, 0.05) is 17.5 Å². The van der Waals surface area contributed by atoms with Crippen molar-refractivity contribution in [3.05, 3.63) is 59.7 Å². The molecule has 0 bridgehead atoms. The van der Waals surface area contributed by atoms with Gasteiger partial charge in [0.05, 0.1) is 0 Å². The highest BCUT2D eigenvalue weighted by Gasteiger charge is 2.06. The summed E-state index contributed by atoms with van der Waals surface area (Å²) >= 11 is 0. The quantitative estimate of drug-likeness (QED) is 0.735. The number of hydrogen-bond donors (Lipinski definition) is 1. The van der Waals surface area contributed by atoms with Crippen LogP contribution < -0.4 is 5.73 Å². The number of aryl methyl sites for hydroxylation is 1. The molecule has 0 aliphatic carbocycles. The Morgan fingerprint density at radius 3 is 2.50 bits per heavy atom. The van der Waals surface area contributed by atoms with Crippen LogP contribution in [0, 0.1) is 6.92 Å². The maximum atomic E-state index is 5.85. The molecule has 90 valence electrons. The van der Waals surface area contributed by atoms with Gasteiger partial charge in [0.25, 0.3) is 0 Å². The molecular formula is C16H15NO. The molecule has 2 aromatic carbocycles. The molecule has 0 amide bonds. The van der Waals surface area contributed by atoms with Gasteiger partial charge in [0.15, 0.2) is 0 Å². The number of fused-ring (bicyclic) bond motifs is 1. The molecular weight excluding hydrogens is 222 g/mol. The van der Waals surface area contributed by atoms with Gasteiger partial charge in [-0.2, -0.15) is 0 Å². The minimum Gasteiger partial charge on any atom is -0.456 e. The molecule has 18 heavy (non-hydrogen) atoms. The molecule has 0 fully saturated rings. The van der Waals surface area contributed by atoms with E-state index in [1.807, 2.05) is 30.3 Å². The number of nitrogens with two attached hydrogens (primary N) is 1. The summed E-state index contributed by atoms with van der Waals surface area (Å²) in [7, 11) is 0. The predicted molar refractivity (Wildman–Crippen MR) is 74.3 cm³/mol. The molecule has 1 heterocycles. The number of benzene rings is 2. The minimum absolute atomic E-state index is 0.569. The van der Waals surface area contributed by atoms with Gasteiger partial charge in [0.2, 0.25) is 0 Å². The van der Waals surface area contributed by atoms with Crippen LogP contribution in [-0.4, -0.2) is 0 Å². The van der Waals surface area contributed by atoms with Gasteiger partial charge in [-0.25, -0.2) is 0 Å². The van der Waals surface area contributed by atoms with E-state index in [1.165, 1.54) is 5.56 Å².